The standard InChI is InChI=1S/C18H21N3O3/c1-19-6-2-3-15(19)18(22)21-9-7-20(8-10-21)12-14-4-5-16-17(11-14)24-13-23-16/h2-6,11H,7-10,12-13H2,1H3/p+1. The monoisotopic (exact) mass is 328 g/mol. The average molecular weight is 328 g/mol. The zero-order valence-electron chi connectivity index (χ0n) is 13.8. The SMILES string of the molecule is Cn1cccc1C(=O)N1CC[NH+](Cc2ccc3c(c2)OCO3)CC1. The first kappa shape index (κ1) is 15.1. The van der Waals surface area contributed by atoms with E-state index in [1.165, 1.54) is 10.5 Å². The number of quaternary nitrogens is 1. The van der Waals surface area contributed by atoms with Crippen LogP contribution in [-0.4, -0.2) is 48.3 Å². The summed E-state index contributed by atoms with van der Waals surface area (Å²) in [4.78, 5) is 16.0. The van der Waals surface area contributed by atoms with Gasteiger partial charge >= 0.3 is 0 Å². The first-order chi connectivity index (χ1) is 11.7. The third-order valence-electron chi connectivity index (χ3n) is 4.81. The van der Waals surface area contributed by atoms with Gasteiger partial charge < -0.3 is 23.8 Å². The van der Waals surface area contributed by atoms with Gasteiger partial charge in [-0.25, -0.2) is 0 Å². The molecule has 1 aromatic carbocycles. The number of amides is 1. The highest BCUT2D eigenvalue weighted by Gasteiger charge is 2.26. The minimum absolute atomic E-state index is 0.129. The van der Waals surface area contributed by atoms with Crippen molar-refractivity contribution in [1.82, 2.24) is 9.47 Å². The van der Waals surface area contributed by atoms with Crippen molar-refractivity contribution in [3.8, 4) is 11.5 Å². The number of fused-ring (bicyclic) bond motifs is 1. The fraction of sp³-hybridized carbons (Fsp3) is 0.389. The number of nitrogens with zero attached hydrogens (tertiary/aromatic N) is 2. The number of carbonyl (C=O) groups excluding carboxylic acids is 1. The molecule has 1 amide bonds. The van der Waals surface area contributed by atoms with Gasteiger partial charge in [0.05, 0.1) is 26.2 Å². The van der Waals surface area contributed by atoms with Crippen LogP contribution in [0.1, 0.15) is 16.1 Å². The Hall–Kier alpha value is -2.47. The molecule has 0 spiro atoms. The van der Waals surface area contributed by atoms with Gasteiger partial charge in [-0.05, 0) is 30.3 Å². The minimum atomic E-state index is 0.129. The number of aromatic nitrogens is 1. The Bertz CT molecular complexity index is 748. The maximum absolute atomic E-state index is 12.5. The summed E-state index contributed by atoms with van der Waals surface area (Å²) in [7, 11) is 1.91. The number of hydrogen-bond donors (Lipinski definition) is 1. The number of rotatable bonds is 3. The second kappa shape index (κ2) is 6.20. The van der Waals surface area contributed by atoms with Crippen LogP contribution in [0.4, 0.5) is 0 Å². The third kappa shape index (κ3) is 2.85. The Balaban J connectivity index is 1.35. The average Bonchev–Trinajstić information content (AvgIpc) is 3.23. The Kier molecular flexibility index (Phi) is 3.90. The van der Waals surface area contributed by atoms with Crippen LogP contribution >= 0.6 is 0 Å². The minimum Gasteiger partial charge on any atom is -0.454 e. The largest absolute Gasteiger partial charge is 0.454 e. The van der Waals surface area contributed by atoms with Gasteiger partial charge in [0, 0.05) is 18.8 Å². The highest BCUT2D eigenvalue weighted by Crippen LogP contribution is 2.32. The molecular weight excluding hydrogens is 306 g/mol. The molecule has 0 saturated carbocycles. The number of piperazine rings is 1. The van der Waals surface area contributed by atoms with E-state index in [1.54, 1.807) is 0 Å². The van der Waals surface area contributed by atoms with Crippen LogP contribution in [0.25, 0.3) is 0 Å². The fourth-order valence-corrected chi connectivity index (χ4v) is 3.39. The maximum atomic E-state index is 12.5. The van der Waals surface area contributed by atoms with Crippen molar-refractivity contribution in [2.75, 3.05) is 33.0 Å². The van der Waals surface area contributed by atoms with Gasteiger partial charge in [-0.15, -0.1) is 0 Å². The van der Waals surface area contributed by atoms with Crippen LogP contribution < -0.4 is 14.4 Å². The molecule has 4 rings (SSSR count). The molecule has 0 aliphatic carbocycles. The molecule has 1 fully saturated rings. The summed E-state index contributed by atoms with van der Waals surface area (Å²) in [5.74, 6) is 1.79. The van der Waals surface area contributed by atoms with Gasteiger partial charge in [0.2, 0.25) is 6.79 Å². The molecular formula is C18H22N3O3+. The van der Waals surface area contributed by atoms with Crippen LogP contribution in [0.2, 0.25) is 0 Å². The lowest BCUT2D eigenvalue weighted by atomic mass is 10.1. The zero-order valence-corrected chi connectivity index (χ0v) is 13.8. The van der Waals surface area contributed by atoms with E-state index in [0.29, 0.717) is 6.79 Å². The van der Waals surface area contributed by atoms with Crippen LogP contribution in [-0.2, 0) is 13.6 Å². The normalized spacial score (nSPS) is 17.3. The molecule has 0 bridgehead atoms. The van der Waals surface area contributed by atoms with E-state index in [1.807, 2.05) is 40.9 Å². The number of hydrogen-bond acceptors (Lipinski definition) is 3. The van der Waals surface area contributed by atoms with E-state index >= 15 is 0 Å². The van der Waals surface area contributed by atoms with Crippen molar-refractivity contribution in [2.24, 2.45) is 7.05 Å². The molecule has 2 aliphatic rings. The molecule has 0 unspecified atom stereocenters. The predicted octanol–water partition coefficient (Wildman–Crippen LogP) is 0.295. The van der Waals surface area contributed by atoms with Crippen LogP contribution in [0.3, 0.4) is 0 Å². The highest BCUT2D eigenvalue weighted by molar-refractivity contribution is 5.92. The lowest BCUT2D eigenvalue weighted by Gasteiger charge is -2.32. The topological polar surface area (TPSA) is 48.1 Å². The molecule has 126 valence electrons. The highest BCUT2D eigenvalue weighted by atomic mass is 16.7. The van der Waals surface area contributed by atoms with Gasteiger partial charge in [0.25, 0.3) is 5.91 Å². The fourth-order valence-electron chi connectivity index (χ4n) is 3.39. The summed E-state index contributed by atoms with van der Waals surface area (Å²) in [6, 6.07) is 9.94. The molecule has 0 atom stereocenters. The molecule has 6 nitrogen and oxygen atoms in total. The van der Waals surface area contributed by atoms with Gasteiger partial charge in [0.15, 0.2) is 11.5 Å². The number of ether oxygens (including phenoxy) is 2. The first-order valence-corrected chi connectivity index (χ1v) is 8.33. The molecule has 1 aromatic heterocycles. The number of aryl methyl sites for hydroxylation is 1. The Morgan fingerprint density at radius 3 is 2.71 bits per heavy atom. The second-order valence-corrected chi connectivity index (χ2v) is 6.41. The van der Waals surface area contributed by atoms with Crippen LogP contribution in [0.5, 0.6) is 11.5 Å². The second-order valence-electron chi connectivity index (χ2n) is 6.41. The lowest BCUT2D eigenvalue weighted by molar-refractivity contribution is -0.917. The molecule has 1 saturated heterocycles. The maximum Gasteiger partial charge on any atom is 0.270 e. The lowest BCUT2D eigenvalue weighted by Crippen LogP contribution is -3.13. The molecule has 6 heteroatoms. The summed E-state index contributed by atoms with van der Waals surface area (Å²) in [6.45, 7) is 4.78. The molecule has 3 heterocycles. The van der Waals surface area contributed by atoms with E-state index < -0.39 is 0 Å². The molecule has 24 heavy (non-hydrogen) atoms. The Morgan fingerprint density at radius 1 is 1.17 bits per heavy atom. The van der Waals surface area contributed by atoms with E-state index in [2.05, 4.69) is 12.1 Å². The van der Waals surface area contributed by atoms with Crippen molar-refractivity contribution in [1.29, 1.82) is 0 Å². The summed E-state index contributed by atoms with van der Waals surface area (Å²) < 4.78 is 12.7. The third-order valence-corrected chi connectivity index (χ3v) is 4.81. The summed E-state index contributed by atoms with van der Waals surface area (Å²) in [5, 5.41) is 0. The number of nitrogens with one attached hydrogen (secondary N) is 1. The van der Waals surface area contributed by atoms with E-state index in [4.69, 9.17) is 9.47 Å². The quantitative estimate of drug-likeness (QED) is 0.881. The predicted molar refractivity (Wildman–Crippen MR) is 88.3 cm³/mol. The summed E-state index contributed by atoms with van der Waals surface area (Å²) in [5.41, 5.74) is 2.01. The molecule has 2 aromatic rings. The Labute approximate surface area is 141 Å². The van der Waals surface area contributed by atoms with Crippen molar-refractivity contribution in [3.63, 3.8) is 0 Å². The molecule has 1 N–H and O–H groups in total. The van der Waals surface area contributed by atoms with Crippen molar-refractivity contribution < 1.29 is 19.2 Å². The smallest absolute Gasteiger partial charge is 0.270 e. The number of benzene rings is 1. The zero-order chi connectivity index (χ0) is 16.5. The van der Waals surface area contributed by atoms with Crippen molar-refractivity contribution in [3.05, 3.63) is 47.8 Å². The van der Waals surface area contributed by atoms with Crippen molar-refractivity contribution in [2.45, 2.75) is 6.54 Å². The molecule has 0 radical (unpaired) electrons. The van der Waals surface area contributed by atoms with Crippen molar-refractivity contribution >= 4 is 5.91 Å². The summed E-state index contributed by atoms with van der Waals surface area (Å²) in [6.07, 6.45) is 1.91. The Morgan fingerprint density at radius 2 is 1.96 bits per heavy atom. The summed E-state index contributed by atoms with van der Waals surface area (Å²) >= 11 is 0. The van der Waals surface area contributed by atoms with Gasteiger partial charge in [-0.1, -0.05) is 0 Å². The van der Waals surface area contributed by atoms with Crippen LogP contribution in [0, 0.1) is 0 Å². The number of carbonyl (C=O) groups is 1. The van der Waals surface area contributed by atoms with E-state index in [9.17, 15) is 4.79 Å². The van der Waals surface area contributed by atoms with E-state index in [-0.39, 0.29) is 5.91 Å². The first-order valence-electron chi connectivity index (χ1n) is 8.33. The van der Waals surface area contributed by atoms with Gasteiger partial charge in [-0.2, -0.15) is 0 Å². The van der Waals surface area contributed by atoms with Gasteiger partial charge in [-0.3, -0.25) is 4.79 Å². The van der Waals surface area contributed by atoms with E-state index in [0.717, 1.165) is 49.9 Å². The molecule has 2 aliphatic heterocycles. The van der Waals surface area contributed by atoms with Crippen LogP contribution in [0.15, 0.2) is 36.5 Å². The van der Waals surface area contributed by atoms with Gasteiger partial charge in [0.1, 0.15) is 12.2 Å².